The molecule has 7 nitrogen and oxygen atoms in total. The second kappa shape index (κ2) is 8.17. The van der Waals surface area contributed by atoms with E-state index in [0.717, 1.165) is 0 Å². The molecular formula is C16H18ClN3O4S2. The summed E-state index contributed by atoms with van der Waals surface area (Å²) in [6, 6.07) is 6.91. The quantitative estimate of drug-likeness (QED) is 0.733. The SMILES string of the molecule is CC(C)N(C)S(=O)(=O)c1ccc(Cl)c(C(=O)NNC(=O)c2cccs2)c1. The predicted molar refractivity (Wildman–Crippen MR) is 101 cm³/mol. The van der Waals surface area contributed by atoms with Crippen LogP contribution in [0.25, 0.3) is 0 Å². The van der Waals surface area contributed by atoms with Gasteiger partial charge in [-0.05, 0) is 43.5 Å². The maximum absolute atomic E-state index is 12.6. The zero-order valence-corrected chi connectivity index (χ0v) is 16.7. The van der Waals surface area contributed by atoms with Gasteiger partial charge in [0, 0.05) is 13.1 Å². The number of carbonyl (C=O) groups excluding carboxylic acids is 2. The summed E-state index contributed by atoms with van der Waals surface area (Å²) in [6.07, 6.45) is 0. The van der Waals surface area contributed by atoms with E-state index in [4.69, 9.17) is 11.6 Å². The summed E-state index contributed by atoms with van der Waals surface area (Å²) in [5.41, 5.74) is 4.44. The lowest BCUT2D eigenvalue weighted by atomic mass is 10.2. The van der Waals surface area contributed by atoms with Gasteiger partial charge < -0.3 is 0 Å². The van der Waals surface area contributed by atoms with Gasteiger partial charge in [-0.3, -0.25) is 20.4 Å². The Kier molecular flexibility index (Phi) is 6.40. The molecular weight excluding hydrogens is 398 g/mol. The zero-order valence-electron chi connectivity index (χ0n) is 14.3. The van der Waals surface area contributed by atoms with E-state index >= 15 is 0 Å². The van der Waals surface area contributed by atoms with E-state index in [9.17, 15) is 18.0 Å². The molecule has 0 aliphatic carbocycles. The highest BCUT2D eigenvalue weighted by atomic mass is 35.5. The number of halogens is 1. The van der Waals surface area contributed by atoms with Gasteiger partial charge in [0.05, 0.1) is 20.4 Å². The van der Waals surface area contributed by atoms with Gasteiger partial charge in [0.25, 0.3) is 11.8 Å². The van der Waals surface area contributed by atoms with E-state index in [2.05, 4.69) is 10.9 Å². The molecule has 10 heteroatoms. The van der Waals surface area contributed by atoms with Crippen LogP contribution in [0.3, 0.4) is 0 Å². The monoisotopic (exact) mass is 415 g/mol. The van der Waals surface area contributed by atoms with Gasteiger partial charge in [0.2, 0.25) is 10.0 Å². The maximum Gasteiger partial charge on any atom is 0.279 e. The van der Waals surface area contributed by atoms with E-state index in [1.54, 1.807) is 31.4 Å². The summed E-state index contributed by atoms with van der Waals surface area (Å²) in [7, 11) is -2.31. The maximum atomic E-state index is 12.6. The van der Waals surface area contributed by atoms with Crippen molar-refractivity contribution in [3.05, 3.63) is 51.2 Å². The summed E-state index contributed by atoms with van der Waals surface area (Å²) in [5.74, 6) is -1.20. The largest absolute Gasteiger partial charge is 0.279 e. The summed E-state index contributed by atoms with van der Waals surface area (Å²) in [6.45, 7) is 3.47. The number of carbonyl (C=O) groups is 2. The molecule has 0 unspecified atom stereocenters. The first-order chi connectivity index (χ1) is 12.1. The zero-order chi connectivity index (χ0) is 19.5. The molecule has 0 aliphatic rings. The van der Waals surface area contributed by atoms with Crippen molar-refractivity contribution >= 4 is 44.8 Å². The number of rotatable bonds is 5. The Balaban J connectivity index is 2.21. The lowest BCUT2D eigenvalue weighted by Crippen LogP contribution is -2.41. The van der Waals surface area contributed by atoms with Gasteiger partial charge in [0.15, 0.2) is 0 Å². The number of hydrazine groups is 1. The molecule has 0 bridgehead atoms. The molecule has 0 spiro atoms. The molecule has 0 fully saturated rings. The normalized spacial score (nSPS) is 11.6. The van der Waals surface area contributed by atoms with Crippen LogP contribution in [0, 0.1) is 0 Å². The van der Waals surface area contributed by atoms with E-state index < -0.39 is 21.8 Å². The molecule has 0 radical (unpaired) electrons. The standard InChI is InChI=1S/C16H18ClN3O4S2/c1-10(2)20(3)26(23,24)11-6-7-13(17)12(9-11)15(21)18-19-16(22)14-5-4-8-25-14/h4-10H,1-3H3,(H,18,21)(H,19,22). The average molecular weight is 416 g/mol. The van der Waals surface area contributed by atoms with Crippen molar-refractivity contribution < 1.29 is 18.0 Å². The average Bonchev–Trinajstić information content (AvgIpc) is 3.13. The van der Waals surface area contributed by atoms with Crippen LogP contribution in [0.5, 0.6) is 0 Å². The van der Waals surface area contributed by atoms with Crippen molar-refractivity contribution in [2.75, 3.05) is 7.05 Å². The third kappa shape index (κ3) is 4.42. The molecule has 1 aromatic carbocycles. The lowest BCUT2D eigenvalue weighted by molar-refractivity contribution is 0.0849. The number of thiophene rings is 1. The minimum Gasteiger partial charge on any atom is -0.267 e. The molecule has 1 heterocycles. The van der Waals surface area contributed by atoms with Crippen LogP contribution in [0.15, 0.2) is 40.6 Å². The fourth-order valence-electron chi connectivity index (χ4n) is 1.93. The van der Waals surface area contributed by atoms with Crippen LogP contribution in [-0.4, -0.2) is 37.6 Å². The van der Waals surface area contributed by atoms with Gasteiger partial charge in [-0.25, -0.2) is 8.42 Å². The molecule has 1 aromatic heterocycles. The van der Waals surface area contributed by atoms with Crippen LogP contribution >= 0.6 is 22.9 Å². The summed E-state index contributed by atoms with van der Waals surface area (Å²) < 4.78 is 26.3. The van der Waals surface area contributed by atoms with Crippen molar-refractivity contribution in [3.63, 3.8) is 0 Å². The summed E-state index contributed by atoms with van der Waals surface area (Å²) in [4.78, 5) is 24.5. The van der Waals surface area contributed by atoms with Crippen LogP contribution in [0.2, 0.25) is 5.02 Å². The minimum absolute atomic E-state index is 0.0589. The van der Waals surface area contributed by atoms with Gasteiger partial charge >= 0.3 is 0 Å². The molecule has 140 valence electrons. The molecule has 0 atom stereocenters. The molecule has 0 aliphatic heterocycles. The van der Waals surface area contributed by atoms with Crippen LogP contribution in [0.1, 0.15) is 33.9 Å². The summed E-state index contributed by atoms with van der Waals surface area (Å²) in [5, 5.41) is 1.80. The van der Waals surface area contributed by atoms with E-state index in [-0.39, 0.29) is 21.5 Å². The molecule has 2 amide bonds. The highest BCUT2D eigenvalue weighted by Crippen LogP contribution is 2.23. The second-order valence-corrected chi connectivity index (χ2v) is 8.99. The predicted octanol–water partition coefficient (Wildman–Crippen LogP) is 2.51. The Hall–Kier alpha value is -1.94. The number of benzene rings is 1. The number of sulfonamides is 1. The van der Waals surface area contributed by atoms with Gasteiger partial charge in [0.1, 0.15) is 0 Å². The fourth-order valence-corrected chi connectivity index (χ4v) is 4.15. The number of hydrogen-bond acceptors (Lipinski definition) is 5. The Labute approximate surface area is 161 Å². The molecule has 2 N–H and O–H groups in total. The molecule has 0 saturated heterocycles. The number of hydrogen-bond donors (Lipinski definition) is 2. The van der Waals surface area contributed by atoms with Crippen molar-refractivity contribution in [1.29, 1.82) is 0 Å². The lowest BCUT2D eigenvalue weighted by Gasteiger charge is -2.21. The third-order valence-electron chi connectivity index (χ3n) is 3.62. The number of nitrogens with zero attached hydrogens (tertiary/aromatic N) is 1. The Bertz CT molecular complexity index is 912. The van der Waals surface area contributed by atoms with Gasteiger partial charge in [-0.15, -0.1) is 11.3 Å². The van der Waals surface area contributed by atoms with Crippen molar-refractivity contribution in [2.24, 2.45) is 0 Å². The topological polar surface area (TPSA) is 95.6 Å². The van der Waals surface area contributed by atoms with E-state index in [0.29, 0.717) is 4.88 Å². The fraction of sp³-hybridized carbons (Fsp3) is 0.250. The first-order valence-corrected chi connectivity index (χ1v) is 10.3. The molecule has 0 saturated carbocycles. The smallest absolute Gasteiger partial charge is 0.267 e. The van der Waals surface area contributed by atoms with Crippen LogP contribution < -0.4 is 10.9 Å². The van der Waals surface area contributed by atoms with Crippen LogP contribution in [0.4, 0.5) is 0 Å². The number of amides is 2. The molecule has 2 aromatic rings. The van der Waals surface area contributed by atoms with Gasteiger partial charge in [-0.1, -0.05) is 17.7 Å². The Morgan fingerprint density at radius 3 is 2.38 bits per heavy atom. The molecule has 26 heavy (non-hydrogen) atoms. The first-order valence-electron chi connectivity index (χ1n) is 7.56. The Morgan fingerprint density at radius 2 is 1.81 bits per heavy atom. The highest BCUT2D eigenvalue weighted by Gasteiger charge is 2.25. The highest BCUT2D eigenvalue weighted by molar-refractivity contribution is 7.89. The third-order valence-corrected chi connectivity index (χ3v) is 6.85. The van der Waals surface area contributed by atoms with E-state index in [1.165, 1.54) is 40.9 Å². The van der Waals surface area contributed by atoms with Crippen molar-refractivity contribution in [1.82, 2.24) is 15.2 Å². The van der Waals surface area contributed by atoms with Gasteiger partial charge in [-0.2, -0.15) is 4.31 Å². The van der Waals surface area contributed by atoms with E-state index in [1.807, 2.05) is 0 Å². The second-order valence-electron chi connectivity index (χ2n) is 5.64. The van der Waals surface area contributed by atoms with Crippen molar-refractivity contribution in [2.45, 2.75) is 24.8 Å². The Morgan fingerprint density at radius 1 is 1.15 bits per heavy atom. The van der Waals surface area contributed by atoms with Crippen LogP contribution in [-0.2, 0) is 10.0 Å². The first kappa shape index (κ1) is 20.4. The minimum atomic E-state index is -3.77. The molecule has 2 rings (SSSR count). The van der Waals surface area contributed by atoms with Crippen molar-refractivity contribution in [3.8, 4) is 0 Å². The number of nitrogens with one attached hydrogen (secondary N) is 2. The summed E-state index contributed by atoms with van der Waals surface area (Å²) >= 11 is 7.24.